The highest BCUT2D eigenvalue weighted by Gasteiger charge is 2.28. The Labute approximate surface area is 158 Å². The fourth-order valence-corrected chi connectivity index (χ4v) is 4.37. The van der Waals surface area contributed by atoms with E-state index < -0.39 is 0 Å². The van der Waals surface area contributed by atoms with Crippen molar-refractivity contribution in [1.29, 1.82) is 0 Å². The van der Waals surface area contributed by atoms with E-state index in [0.717, 1.165) is 37.7 Å². The number of furan rings is 1. The van der Waals surface area contributed by atoms with E-state index in [1.807, 2.05) is 13.8 Å². The molecule has 0 unspecified atom stereocenters. The summed E-state index contributed by atoms with van der Waals surface area (Å²) in [7, 11) is 0. The third kappa shape index (κ3) is 3.98. The first kappa shape index (κ1) is 18.2. The van der Waals surface area contributed by atoms with Crippen molar-refractivity contribution in [2.75, 3.05) is 5.32 Å². The Hall–Kier alpha value is -1.60. The van der Waals surface area contributed by atoms with Crippen LogP contribution in [0.4, 0.5) is 5.00 Å². The molecule has 7 heteroatoms. The molecule has 1 atom stereocenters. The predicted octanol–water partition coefficient (Wildman–Crippen LogP) is 5.19. The molecular formula is C18H20BrNO4S. The lowest BCUT2D eigenvalue weighted by atomic mass is 9.95. The van der Waals surface area contributed by atoms with Crippen LogP contribution in [0.15, 0.2) is 21.2 Å². The van der Waals surface area contributed by atoms with Crippen molar-refractivity contribution in [1.82, 2.24) is 0 Å². The van der Waals surface area contributed by atoms with E-state index in [-0.39, 0.29) is 23.7 Å². The van der Waals surface area contributed by atoms with Crippen LogP contribution in [0.5, 0.6) is 0 Å². The van der Waals surface area contributed by atoms with Crippen molar-refractivity contribution in [2.24, 2.45) is 0 Å². The first-order chi connectivity index (χ1) is 12.0. The number of rotatable bonds is 5. The average molecular weight is 426 g/mol. The van der Waals surface area contributed by atoms with Crippen LogP contribution in [0.2, 0.25) is 0 Å². The zero-order valence-electron chi connectivity index (χ0n) is 14.2. The highest BCUT2D eigenvalue weighted by atomic mass is 79.9. The number of carbonyl (C=O) groups excluding carboxylic acids is 2. The lowest BCUT2D eigenvalue weighted by Crippen LogP contribution is -2.18. The normalized spacial score (nSPS) is 14.7. The van der Waals surface area contributed by atoms with Gasteiger partial charge in [0.25, 0.3) is 5.91 Å². The second kappa shape index (κ2) is 7.74. The molecule has 2 aromatic rings. The molecule has 0 fully saturated rings. The zero-order chi connectivity index (χ0) is 18.0. The van der Waals surface area contributed by atoms with E-state index in [1.165, 1.54) is 16.2 Å². The summed E-state index contributed by atoms with van der Waals surface area (Å²) in [6.07, 6.45) is 4.53. The standard InChI is InChI=1S/C18H20BrNO4S/c1-3-10(2)23-18(22)15-11-6-4-5-7-13(11)25-17(15)20-16(21)12-8-9-14(19)24-12/h8-10H,3-7H2,1-2H3,(H,20,21)/t10-/m0/s1. The van der Waals surface area contributed by atoms with Crippen molar-refractivity contribution in [2.45, 2.75) is 52.1 Å². The van der Waals surface area contributed by atoms with E-state index in [1.54, 1.807) is 12.1 Å². The maximum absolute atomic E-state index is 12.7. The summed E-state index contributed by atoms with van der Waals surface area (Å²) in [6.45, 7) is 3.84. The van der Waals surface area contributed by atoms with Gasteiger partial charge in [0.2, 0.25) is 0 Å². The van der Waals surface area contributed by atoms with E-state index in [4.69, 9.17) is 9.15 Å². The molecule has 1 aliphatic rings. The van der Waals surface area contributed by atoms with E-state index >= 15 is 0 Å². The number of thiophene rings is 1. The molecule has 2 aromatic heterocycles. The Bertz CT molecular complexity index is 795. The van der Waals surface area contributed by atoms with Gasteiger partial charge >= 0.3 is 5.97 Å². The first-order valence-electron chi connectivity index (χ1n) is 8.41. The highest BCUT2D eigenvalue weighted by molar-refractivity contribution is 9.10. The third-order valence-electron chi connectivity index (χ3n) is 4.28. The largest absolute Gasteiger partial charge is 0.459 e. The topological polar surface area (TPSA) is 68.5 Å². The molecule has 1 amide bonds. The van der Waals surface area contributed by atoms with Gasteiger partial charge in [-0.3, -0.25) is 4.79 Å². The number of halogens is 1. The number of aryl methyl sites for hydroxylation is 1. The van der Waals surface area contributed by atoms with E-state index in [2.05, 4.69) is 21.2 Å². The smallest absolute Gasteiger partial charge is 0.341 e. The van der Waals surface area contributed by atoms with Crippen LogP contribution < -0.4 is 5.32 Å². The van der Waals surface area contributed by atoms with Crippen LogP contribution in [0.1, 0.15) is 64.5 Å². The van der Waals surface area contributed by atoms with Crippen LogP contribution >= 0.6 is 27.3 Å². The second-order valence-electron chi connectivity index (χ2n) is 6.10. The van der Waals surface area contributed by atoms with Gasteiger partial charge in [-0.1, -0.05) is 6.92 Å². The molecule has 1 aliphatic carbocycles. The summed E-state index contributed by atoms with van der Waals surface area (Å²) in [5.74, 6) is -0.536. The molecule has 0 bridgehead atoms. The van der Waals surface area contributed by atoms with Gasteiger partial charge in [0, 0.05) is 4.88 Å². The maximum Gasteiger partial charge on any atom is 0.341 e. The molecular weight excluding hydrogens is 406 g/mol. The first-order valence-corrected chi connectivity index (χ1v) is 10.0. The predicted molar refractivity (Wildman–Crippen MR) is 100 cm³/mol. The van der Waals surface area contributed by atoms with Gasteiger partial charge in [-0.25, -0.2) is 4.79 Å². The van der Waals surface area contributed by atoms with Crippen LogP contribution in [-0.4, -0.2) is 18.0 Å². The van der Waals surface area contributed by atoms with Gasteiger partial charge in [0.1, 0.15) is 5.00 Å². The number of hydrogen-bond donors (Lipinski definition) is 1. The Morgan fingerprint density at radius 2 is 2.12 bits per heavy atom. The molecule has 3 rings (SSSR count). The van der Waals surface area contributed by atoms with Crippen molar-refractivity contribution in [3.63, 3.8) is 0 Å². The van der Waals surface area contributed by atoms with Gasteiger partial charge in [-0.2, -0.15) is 0 Å². The Morgan fingerprint density at radius 3 is 2.80 bits per heavy atom. The lowest BCUT2D eigenvalue weighted by Gasteiger charge is -2.15. The monoisotopic (exact) mass is 425 g/mol. The van der Waals surface area contributed by atoms with Gasteiger partial charge in [-0.05, 0) is 72.7 Å². The fraction of sp³-hybridized carbons (Fsp3) is 0.444. The van der Waals surface area contributed by atoms with E-state index in [0.29, 0.717) is 15.2 Å². The van der Waals surface area contributed by atoms with Crippen molar-refractivity contribution < 1.29 is 18.7 Å². The van der Waals surface area contributed by atoms with Crippen molar-refractivity contribution >= 4 is 44.1 Å². The summed E-state index contributed by atoms with van der Waals surface area (Å²) in [5, 5.41) is 3.39. The zero-order valence-corrected chi connectivity index (χ0v) is 16.6. The summed E-state index contributed by atoms with van der Waals surface area (Å²) < 4.78 is 11.3. The average Bonchev–Trinajstić information content (AvgIpc) is 3.17. The van der Waals surface area contributed by atoms with E-state index in [9.17, 15) is 9.59 Å². The van der Waals surface area contributed by atoms with Crippen LogP contribution in [0.3, 0.4) is 0 Å². The molecule has 0 radical (unpaired) electrons. The Balaban J connectivity index is 1.91. The SMILES string of the molecule is CC[C@H](C)OC(=O)c1c(NC(=O)c2ccc(Br)o2)sc2c1CCCC2. The van der Waals surface area contributed by atoms with Crippen LogP contribution in [-0.2, 0) is 17.6 Å². The molecule has 5 nitrogen and oxygen atoms in total. The maximum atomic E-state index is 12.7. The number of carbonyl (C=O) groups is 2. The molecule has 0 saturated carbocycles. The number of fused-ring (bicyclic) bond motifs is 1. The molecule has 0 aromatic carbocycles. The number of hydrogen-bond acceptors (Lipinski definition) is 5. The van der Waals surface area contributed by atoms with Gasteiger partial charge in [-0.15, -0.1) is 11.3 Å². The number of ether oxygens (including phenoxy) is 1. The summed E-state index contributed by atoms with van der Waals surface area (Å²) >= 11 is 4.66. The summed E-state index contributed by atoms with van der Waals surface area (Å²) in [6, 6.07) is 3.25. The number of nitrogens with one attached hydrogen (secondary N) is 1. The van der Waals surface area contributed by atoms with Crippen LogP contribution in [0, 0.1) is 0 Å². The molecule has 25 heavy (non-hydrogen) atoms. The molecule has 0 spiro atoms. The molecule has 0 saturated heterocycles. The van der Waals surface area contributed by atoms with Gasteiger partial charge in [0.05, 0.1) is 11.7 Å². The Kier molecular flexibility index (Phi) is 5.64. The number of anilines is 1. The Morgan fingerprint density at radius 1 is 1.36 bits per heavy atom. The second-order valence-corrected chi connectivity index (χ2v) is 7.98. The minimum atomic E-state index is -0.373. The number of esters is 1. The van der Waals surface area contributed by atoms with Gasteiger partial charge < -0.3 is 14.5 Å². The van der Waals surface area contributed by atoms with Crippen LogP contribution in [0.25, 0.3) is 0 Å². The van der Waals surface area contributed by atoms with Crippen molar-refractivity contribution in [3.8, 4) is 0 Å². The van der Waals surface area contributed by atoms with Crippen molar-refractivity contribution in [3.05, 3.63) is 38.6 Å². The molecule has 2 heterocycles. The molecule has 134 valence electrons. The summed E-state index contributed by atoms with van der Waals surface area (Å²) in [4.78, 5) is 26.3. The molecule has 1 N–H and O–H groups in total. The minimum absolute atomic E-state index is 0.156. The fourth-order valence-electron chi connectivity index (χ4n) is 2.80. The molecule has 0 aliphatic heterocycles. The third-order valence-corrected chi connectivity index (χ3v) is 5.92. The number of amides is 1. The lowest BCUT2D eigenvalue weighted by molar-refractivity contribution is 0.0335. The highest BCUT2D eigenvalue weighted by Crippen LogP contribution is 2.39. The van der Waals surface area contributed by atoms with Gasteiger partial charge in [0.15, 0.2) is 10.4 Å². The summed E-state index contributed by atoms with van der Waals surface area (Å²) in [5.41, 5.74) is 1.54. The quantitative estimate of drug-likeness (QED) is 0.669. The minimum Gasteiger partial charge on any atom is -0.459 e.